The van der Waals surface area contributed by atoms with Gasteiger partial charge < -0.3 is 9.64 Å². The molecule has 1 atom stereocenters. The van der Waals surface area contributed by atoms with Gasteiger partial charge in [-0.25, -0.2) is 8.42 Å². The molecule has 0 bridgehead atoms. The Kier molecular flexibility index (Phi) is 4.62. The van der Waals surface area contributed by atoms with Gasteiger partial charge in [0.2, 0.25) is 0 Å². The van der Waals surface area contributed by atoms with Crippen LogP contribution in [0.5, 0.6) is 0 Å². The second kappa shape index (κ2) is 6.26. The van der Waals surface area contributed by atoms with Gasteiger partial charge in [0.15, 0.2) is 16.4 Å². The summed E-state index contributed by atoms with van der Waals surface area (Å²) < 4.78 is 28.0. The first-order valence-electron chi connectivity index (χ1n) is 6.60. The number of rotatable bonds is 4. The van der Waals surface area contributed by atoms with E-state index >= 15 is 0 Å². The number of sulfone groups is 1. The summed E-state index contributed by atoms with van der Waals surface area (Å²) in [6.45, 7) is 0.834. The van der Waals surface area contributed by atoms with Gasteiger partial charge in [0.1, 0.15) is 0 Å². The normalized spacial score (nSPS) is 20.0. The van der Waals surface area contributed by atoms with Gasteiger partial charge in [-0.2, -0.15) is 0 Å². The van der Waals surface area contributed by atoms with Crippen LogP contribution in [-0.2, 0) is 24.2 Å². The van der Waals surface area contributed by atoms with Crippen molar-refractivity contribution in [3.05, 3.63) is 30.3 Å². The quantitative estimate of drug-likeness (QED) is 0.767. The highest BCUT2D eigenvalue weighted by Crippen LogP contribution is 2.24. The van der Waals surface area contributed by atoms with Crippen LogP contribution in [-0.4, -0.2) is 44.4 Å². The van der Waals surface area contributed by atoms with E-state index in [1.165, 1.54) is 11.8 Å². The van der Waals surface area contributed by atoms with Crippen molar-refractivity contribution in [2.75, 3.05) is 23.0 Å². The topological polar surface area (TPSA) is 80.8 Å². The molecule has 1 heterocycles. The lowest BCUT2D eigenvalue weighted by Crippen LogP contribution is -2.43. The van der Waals surface area contributed by atoms with Gasteiger partial charge in [0.05, 0.1) is 17.5 Å². The van der Waals surface area contributed by atoms with E-state index in [2.05, 4.69) is 0 Å². The number of carbonyl (C=O) groups is 2. The molecule has 1 aromatic rings. The third-order valence-corrected chi connectivity index (χ3v) is 5.03. The van der Waals surface area contributed by atoms with Crippen molar-refractivity contribution in [3.63, 3.8) is 0 Å². The second-order valence-electron chi connectivity index (χ2n) is 4.94. The molecule has 0 saturated carbocycles. The fraction of sp³-hybridized carbons (Fsp3) is 0.429. The van der Waals surface area contributed by atoms with Crippen LogP contribution in [0.4, 0.5) is 5.69 Å². The van der Waals surface area contributed by atoms with E-state index < -0.39 is 27.8 Å². The average Bonchev–Trinajstić information content (AvgIpc) is 2.78. The molecule has 6 nitrogen and oxygen atoms in total. The largest absolute Gasteiger partial charge is 0.456 e. The van der Waals surface area contributed by atoms with Crippen LogP contribution in [0.3, 0.4) is 0 Å². The molecule has 0 radical (unpaired) electrons. The Balaban J connectivity index is 2.23. The minimum Gasteiger partial charge on any atom is -0.456 e. The molecule has 114 valence electrons. The van der Waals surface area contributed by atoms with E-state index in [1.54, 1.807) is 24.3 Å². The first-order chi connectivity index (χ1) is 9.89. The molecule has 0 spiro atoms. The maximum Gasteiger partial charge on any atom is 0.303 e. The number of hydrogen-bond acceptors (Lipinski definition) is 5. The van der Waals surface area contributed by atoms with Crippen molar-refractivity contribution in [2.45, 2.75) is 19.4 Å². The Hall–Kier alpha value is -1.89. The van der Waals surface area contributed by atoms with Gasteiger partial charge in [-0.15, -0.1) is 0 Å². The number of para-hydroxylation sites is 1. The molecule has 1 aromatic carbocycles. The molecular weight excluding hydrogens is 294 g/mol. The number of benzene rings is 1. The smallest absolute Gasteiger partial charge is 0.303 e. The van der Waals surface area contributed by atoms with Crippen molar-refractivity contribution < 1.29 is 22.7 Å². The van der Waals surface area contributed by atoms with Crippen molar-refractivity contribution in [3.8, 4) is 0 Å². The molecule has 1 aliphatic heterocycles. The van der Waals surface area contributed by atoms with Gasteiger partial charge in [0, 0.05) is 12.6 Å². The first kappa shape index (κ1) is 15.5. The summed E-state index contributed by atoms with van der Waals surface area (Å²) in [6.07, 6.45) is 0.392. The number of amides is 1. The number of anilines is 1. The lowest BCUT2D eigenvalue weighted by atomic mass is 10.2. The SMILES string of the molecule is CC(=O)OCC(=O)N(c1ccccc1)[C@@H]1CCS(=O)(=O)C1. The van der Waals surface area contributed by atoms with E-state index in [-0.39, 0.29) is 18.1 Å². The zero-order valence-electron chi connectivity index (χ0n) is 11.7. The van der Waals surface area contributed by atoms with Gasteiger partial charge in [-0.3, -0.25) is 9.59 Å². The predicted octanol–water partition coefficient (Wildman–Crippen LogP) is 0.770. The van der Waals surface area contributed by atoms with Crippen molar-refractivity contribution >= 4 is 27.4 Å². The van der Waals surface area contributed by atoms with Crippen molar-refractivity contribution in [1.29, 1.82) is 0 Å². The minimum atomic E-state index is -3.11. The highest BCUT2D eigenvalue weighted by molar-refractivity contribution is 7.91. The zero-order chi connectivity index (χ0) is 15.5. The van der Waals surface area contributed by atoms with E-state index in [4.69, 9.17) is 4.74 Å². The van der Waals surface area contributed by atoms with Gasteiger partial charge in [-0.1, -0.05) is 18.2 Å². The summed E-state index contributed by atoms with van der Waals surface area (Å²) in [6, 6.07) is 8.40. The highest BCUT2D eigenvalue weighted by atomic mass is 32.2. The Morgan fingerprint density at radius 2 is 1.95 bits per heavy atom. The molecule has 21 heavy (non-hydrogen) atoms. The summed E-state index contributed by atoms with van der Waals surface area (Å²) in [5.74, 6) is -0.955. The molecule has 7 heteroatoms. The molecule has 0 unspecified atom stereocenters. The molecule has 1 saturated heterocycles. The summed E-state index contributed by atoms with van der Waals surface area (Å²) in [4.78, 5) is 24.6. The maximum absolute atomic E-state index is 12.3. The summed E-state index contributed by atoms with van der Waals surface area (Å²) in [5, 5.41) is 0. The van der Waals surface area contributed by atoms with E-state index in [9.17, 15) is 18.0 Å². The number of esters is 1. The molecule has 0 aromatic heterocycles. The number of nitrogens with zero attached hydrogens (tertiary/aromatic N) is 1. The summed E-state index contributed by atoms with van der Waals surface area (Å²) in [7, 11) is -3.11. The van der Waals surface area contributed by atoms with E-state index in [1.807, 2.05) is 6.07 Å². The third kappa shape index (κ3) is 4.04. The predicted molar refractivity (Wildman–Crippen MR) is 77.6 cm³/mol. The second-order valence-corrected chi connectivity index (χ2v) is 7.17. The highest BCUT2D eigenvalue weighted by Gasteiger charge is 2.35. The fourth-order valence-corrected chi connectivity index (χ4v) is 4.06. The van der Waals surface area contributed by atoms with Crippen molar-refractivity contribution in [1.82, 2.24) is 0 Å². The number of ether oxygens (including phenoxy) is 1. The number of hydrogen-bond donors (Lipinski definition) is 0. The molecule has 1 fully saturated rings. The maximum atomic E-state index is 12.3. The average molecular weight is 311 g/mol. The van der Waals surface area contributed by atoms with Gasteiger partial charge in [0.25, 0.3) is 5.91 Å². The molecule has 2 rings (SSSR count). The minimum absolute atomic E-state index is 0.0618. The summed E-state index contributed by atoms with van der Waals surface area (Å²) >= 11 is 0. The monoisotopic (exact) mass is 311 g/mol. The van der Waals surface area contributed by atoms with Gasteiger partial charge in [-0.05, 0) is 18.6 Å². The third-order valence-electron chi connectivity index (χ3n) is 3.28. The van der Waals surface area contributed by atoms with Crippen LogP contribution in [0.25, 0.3) is 0 Å². The van der Waals surface area contributed by atoms with E-state index in [0.717, 1.165) is 0 Å². The van der Waals surface area contributed by atoms with Crippen molar-refractivity contribution in [2.24, 2.45) is 0 Å². The van der Waals surface area contributed by atoms with Crippen LogP contribution in [0.1, 0.15) is 13.3 Å². The van der Waals surface area contributed by atoms with Crippen LogP contribution in [0.2, 0.25) is 0 Å². The Morgan fingerprint density at radius 1 is 1.29 bits per heavy atom. The number of carbonyl (C=O) groups excluding carboxylic acids is 2. The molecule has 0 aliphatic carbocycles. The zero-order valence-corrected chi connectivity index (χ0v) is 12.5. The fourth-order valence-electron chi connectivity index (χ4n) is 2.36. The van der Waals surface area contributed by atoms with Crippen LogP contribution in [0.15, 0.2) is 30.3 Å². The lowest BCUT2D eigenvalue weighted by Gasteiger charge is -2.28. The Labute approximate surface area is 123 Å². The lowest BCUT2D eigenvalue weighted by molar-refractivity contribution is -0.145. The van der Waals surface area contributed by atoms with E-state index in [0.29, 0.717) is 12.1 Å². The standard InChI is InChI=1S/C14H17NO5S/c1-11(16)20-9-14(17)15(12-5-3-2-4-6-12)13-7-8-21(18,19)10-13/h2-6,13H,7-10H2,1H3/t13-/m1/s1. The molecular formula is C14H17NO5S. The van der Waals surface area contributed by atoms with Crippen LogP contribution >= 0.6 is 0 Å². The van der Waals surface area contributed by atoms with Crippen LogP contribution in [0, 0.1) is 0 Å². The summed E-state index contributed by atoms with van der Waals surface area (Å²) in [5.41, 5.74) is 0.608. The molecule has 1 amide bonds. The van der Waals surface area contributed by atoms with Gasteiger partial charge >= 0.3 is 5.97 Å². The molecule has 1 aliphatic rings. The first-order valence-corrected chi connectivity index (χ1v) is 8.42. The Morgan fingerprint density at radius 3 is 2.48 bits per heavy atom. The Bertz CT molecular complexity index is 626. The molecule has 0 N–H and O–H groups in total. The van der Waals surface area contributed by atoms with Crippen LogP contribution < -0.4 is 4.90 Å².